The van der Waals surface area contributed by atoms with Crippen LogP contribution >= 0.6 is 0 Å². The lowest BCUT2D eigenvalue weighted by Gasteiger charge is -2.46. The smallest absolute Gasteiger partial charge is 0.252 e. The van der Waals surface area contributed by atoms with E-state index in [0.717, 1.165) is 105 Å². The summed E-state index contributed by atoms with van der Waals surface area (Å²) in [4.78, 5) is 4.66. The third-order valence-electron chi connectivity index (χ3n) is 23.5. The summed E-state index contributed by atoms with van der Waals surface area (Å²) < 4.78 is 164. The molecule has 2 aliphatic heterocycles. The second kappa shape index (κ2) is 26.7. The lowest BCUT2D eigenvalue weighted by atomic mass is 9.33. The highest BCUT2D eigenvalue weighted by Gasteiger charge is 2.46. The summed E-state index contributed by atoms with van der Waals surface area (Å²) in [5, 5.41) is 1.37. The van der Waals surface area contributed by atoms with Crippen LogP contribution in [0.4, 0.5) is 34.1 Å². The summed E-state index contributed by atoms with van der Waals surface area (Å²) >= 11 is 0. The first-order valence-corrected chi connectivity index (χ1v) is 39.2. The van der Waals surface area contributed by atoms with Crippen LogP contribution in [0.25, 0.3) is 155 Å². The molecule has 22 rings (SSSR count). The molecule has 0 N–H and O–H groups in total. The highest BCUT2D eigenvalue weighted by Crippen LogP contribution is 2.56. The van der Waals surface area contributed by atoms with E-state index in [1.54, 1.807) is 9.13 Å². The van der Waals surface area contributed by atoms with E-state index in [0.29, 0.717) is 56.2 Å². The molecule has 17 aromatic carbocycles. The van der Waals surface area contributed by atoms with E-state index in [2.05, 4.69) is 203 Å². The van der Waals surface area contributed by atoms with Crippen molar-refractivity contribution in [3.05, 3.63) is 393 Å². The van der Waals surface area contributed by atoms with Crippen molar-refractivity contribution in [3.63, 3.8) is 0 Å². The van der Waals surface area contributed by atoms with Gasteiger partial charge in [0.05, 0.1) is 55.4 Å². The largest absolute Gasteiger partial charge is 0.456 e. The topological polar surface area (TPSA) is 29.5 Å². The number of aromatic nitrogens is 2. The number of rotatable bonds is 11. The van der Waals surface area contributed by atoms with Gasteiger partial charge in [0, 0.05) is 88.7 Å². The van der Waals surface area contributed by atoms with Crippen molar-refractivity contribution in [1.82, 2.24) is 9.13 Å². The summed E-state index contributed by atoms with van der Waals surface area (Å²) in [6.45, 7) is 12.3. The Kier molecular flexibility index (Phi) is 12.4. The molecular weight excluding hydrogens is 1400 g/mol. The molecule has 0 unspecified atom stereocenters. The standard InChI is InChI=1S/C110H81BN4O/c1-109(2,3)80-52-47-70(48-53-80)77-62-89(72-29-11-7-12-30-72)107(90(63-77)73-31-13-8-14-32-73)114-100-68-82(112-96-42-24-19-37-84(96)85-38-20-25-43-97(85)112)56-58-94(100)111-95-59-57-83(113-98-44-26-21-39-86(98)87-40-22-27-45-99(87)113)69-101(95)115(103-67-79(66-102(114)106(103)111)76-51-60-105-93(61-76)88-41-23-28-46-104(88)116-105)108-91(74-33-15-9-16-34-74)64-78(65-92(108)75-35-17-10-18-36-75)71-49-54-81(55-50-71)110(4,5)6/h7-69H,1-6H3/i19D,20D,21D,22D,24D,25D,26D,27D,37D,38D,39D,40D,42D,43D,44D,45D. The Bertz CT molecular complexity index is 7650. The molecule has 0 bridgehead atoms. The molecule has 0 saturated carbocycles. The number of hydrogen-bond acceptors (Lipinski definition) is 3. The SMILES string of the molecule is [2H]c1c([2H])c([2H])c2c(c1[2H])c1c([2H])c([2H])c([2H])c([2H])c1n2-c1ccc2c(c1)N(c1c(-c3ccccc3)cc(-c3ccc(C(C)(C)C)cc3)cc1-c1ccccc1)c1cc(-c3ccc4oc5ccccc5c4c3)cc3c1B2c1ccc(-n2c4c([2H])c([2H])c([2H])c([2H])c4c4c([2H])c([2H])c([2H])c([2H])c42)cc1N3c1c(-c2ccccc2)cc(-c2ccc(C(C)(C)C)cc2)cc1-c1ccccc1. The number of nitrogens with zero attached hydrogens (tertiary/aromatic N) is 4. The van der Waals surface area contributed by atoms with Crippen LogP contribution in [0.5, 0.6) is 0 Å². The third kappa shape index (κ3) is 11.1. The van der Waals surface area contributed by atoms with Gasteiger partial charge >= 0.3 is 0 Å². The van der Waals surface area contributed by atoms with Crippen LogP contribution < -0.4 is 26.2 Å². The van der Waals surface area contributed by atoms with Crippen LogP contribution in [-0.2, 0) is 10.8 Å². The number of hydrogen-bond donors (Lipinski definition) is 0. The molecule has 0 aliphatic carbocycles. The number of fused-ring (bicyclic) bond motifs is 13. The van der Waals surface area contributed by atoms with Crippen LogP contribution in [-0.4, -0.2) is 15.8 Å². The zero-order chi connectivity index (χ0) is 91.6. The summed E-state index contributed by atoms with van der Waals surface area (Å²) in [5.41, 5.74) is 21.5. The minimum absolute atomic E-state index is 0.0726. The quantitative estimate of drug-likeness (QED) is 0.121. The molecule has 2 aliphatic rings. The minimum Gasteiger partial charge on any atom is -0.456 e. The van der Waals surface area contributed by atoms with Crippen molar-refractivity contribution in [2.45, 2.75) is 52.4 Å². The number of furan rings is 1. The Morgan fingerprint density at radius 3 is 0.983 bits per heavy atom. The van der Waals surface area contributed by atoms with Crippen LogP contribution in [0.15, 0.2) is 386 Å². The van der Waals surface area contributed by atoms with Gasteiger partial charge in [-0.15, -0.1) is 0 Å². The average molecular weight is 1500 g/mol. The van der Waals surface area contributed by atoms with E-state index in [4.69, 9.17) is 4.42 Å². The van der Waals surface area contributed by atoms with E-state index < -0.39 is 103 Å². The van der Waals surface area contributed by atoms with Crippen molar-refractivity contribution >= 4 is 123 Å². The average Bonchev–Trinajstić information content (AvgIpc) is 0.935. The van der Waals surface area contributed by atoms with E-state index in [-0.39, 0.29) is 65.8 Å². The Morgan fingerprint density at radius 2 is 0.603 bits per heavy atom. The Morgan fingerprint density at radius 1 is 0.267 bits per heavy atom. The van der Waals surface area contributed by atoms with Gasteiger partial charge in [-0.1, -0.05) is 320 Å². The van der Waals surface area contributed by atoms with Gasteiger partial charge < -0.3 is 23.4 Å². The molecule has 5 heterocycles. The minimum atomic E-state index is -0.854. The van der Waals surface area contributed by atoms with Crippen LogP contribution in [0.3, 0.4) is 0 Å². The number of anilines is 6. The first-order valence-electron chi connectivity index (χ1n) is 47.2. The first kappa shape index (κ1) is 53.7. The van der Waals surface area contributed by atoms with Crippen LogP contribution in [0.2, 0.25) is 0 Å². The molecule has 5 nitrogen and oxygen atoms in total. The molecule has 116 heavy (non-hydrogen) atoms. The second-order valence-corrected chi connectivity index (χ2v) is 32.4. The maximum absolute atomic E-state index is 10.0. The lowest BCUT2D eigenvalue weighted by Crippen LogP contribution is -2.61. The van der Waals surface area contributed by atoms with Gasteiger partial charge in [0.1, 0.15) is 11.2 Å². The molecule has 0 radical (unpaired) electrons. The molecule has 0 spiro atoms. The first-order chi connectivity index (χ1) is 63.4. The number of para-hydroxylation sites is 5. The van der Waals surface area contributed by atoms with Gasteiger partial charge in [-0.2, -0.15) is 0 Å². The Balaban J connectivity index is 0.963. The predicted molar refractivity (Wildman–Crippen MR) is 492 cm³/mol. The number of benzene rings is 17. The lowest BCUT2D eigenvalue weighted by molar-refractivity contribution is 0.590. The van der Waals surface area contributed by atoms with Gasteiger partial charge in [-0.05, 0) is 197 Å². The van der Waals surface area contributed by atoms with Gasteiger partial charge in [0.2, 0.25) is 0 Å². The molecule has 550 valence electrons. The van der Waals surface area contributed by atoms with E-state index >= 15 is 0 Å². The summed E-state index contributed by atoms with van der Waals surface area (Å²) in [7, 11) is 0. The monoisotopic (exact) mass is 1500 g/mol. The van der Waals surface area contributed by atoms with Crippen molar-refractivity contribution < 1.29 is 26.3 Å². The zero-order valence-electron chi connectivity index (χ0n) is 80.4. The van der Waals surface area contributed by atoms with E-state index in [1.807, 2.05) is 133 Å². The maximum atomic E-state index is 10.0. The molecule has 0 saturated heterocycles. The molecule has 0 amide bonds. The fraction of sp³-hybridized carbons (Fsp3) is 0.0727. The van der Waals surface area contributed by atoms with Crippen LogP contribution in [0.1, 0.15) is 74.6 Å². The molecule has 3 aromatic heterocycles. The fourth-order valence-corrected chi connectivity index (χ4v) is 17.9. The normalized spacial score (nSPS) is 14.6. The molecule has 0 fully saturated rings. The Labute approximate surface area is 699 Å². The van der Waals surface area contributed by atoms with Crippen molar-refractivity contribution in [2.75, 3.05) is 9.80 Å². The molecule has 6 heteroatoms. The van der Waals surface area contributed by atoms with Crippen molar-refractivity contribution in [1.29, 1.82) is 0 Å². The van der Waals surface area contributed by atoms with E-state index in [1.165, 1.54) is 0 Å². The van der Waals surface area contributed by atoms with Gasteiger partial charge in [0.15, 0.2) is 0 Å². The van der Waals surface area contributed by atoms with Gasteiger partial charge in [0.25, 0.3) is 6.71 Å². The summed E-state index contributed by atoms with van der Waals surface area (Å²) in [5.74, 6) is 0. The third-order valence-corrected chi connectivity index (χ3v) is 23.5. The maximum Gasteiger partial charge on any atom is 0.252 e. The van der Waals surface area contributed by atoms with Crippen molar-refractivity contribution in [3.8, 4) is 89.3 Å². The highest BCUT2D eigenvalue weighted by atomic mass is 16.3. The van der Waals surface area contributed by atoms with Crippen LogP contribution in [0, 0.1) is 0 Å². The van der Waals surface area contributed by atoms with E-state index in [9.17, 15) is 21.9 Å². The molecule has 0 atom stereocenters. The summed E-state index contributed by atoms with van der Waals surface area (Å²) in [6, 6.07) is 89.6. The Hall–Kier alpha value is -14.2. The summed E-state index contributed by atoms with van der Waals surface area (Å²) in [6.07, 6.45) is 0. The van der Waals surface area contributed by atoms with Gasteiger partial charge in [-0.25, -0.2) is 0 Å². The predicted octanol–water partition coefficient (Wildman–Crippen LogP) is 28.1. The highest BCUT2D eigenvalue weighted by molar-refractivity contribution is 7.00. The molecule has 20 aromatic rings. The molecular formula is C110H81BN4O. The van der Waals surface area contributed by atoms with Crippen molar-refractivity contribution in [2.24, 2.45) is 0 Å². The zero-order valence-corrected chi connectivity index (χ0v) is 64.4. The fourth-order valence-electron chi connectivity index (χ4n) is 17.9. The second-order valence-electron chi connectivity index (χ2n) is 32.4. The van der Waals surface area contributed by atoms with Gasteiger partial charge in [-0.3, -0.25) is 0 Å².